The van der Waals surface area contributed by atoms with Gasteiger partial charge in [0.2, 0.25) is 0 Å². The van der Waals surface area contributed by atoms with Crippen molar-refractivity contribution in [1.29, 1.82) is 0 Å². The zero-order chi connectivity index (χ0) is 13.0. The third-order valence-corrected chi connectivity index (χ3v) is 3.12. The van der Waals surface area contributed by atoms with Crippen molar-refractivity contribution in [3.63, 3.8) is 0 Å². The molecule has 0 aromatic heterocycles. The van der Waals surface area contributed by atoms with E-state index in [0.29, 0.717) is 19.6 Å². The number of nitrogens with zero attached hydrogens (tertiary/aromatic N) is 1. The van der Waals surface area contributed by atoms with E-state index in [2.05, 4.69) is 10.6 Å². The van der Waals surface area contributed by atoms with Crippen LogP contribution in [0.3, 0.4) is 0 Å². The van der Waals surface area contributed by atoms with Gasteiger partial charge in [-0.1, -0.05) is 17.7 Å². The van der Waals surface area contributed by atoms with Crippen molar-refractivity contribution < 1.29 is 9.18 Å². The Bertz CT molecular complexity index is 435. The summed E-state index contributed by atoms with van der Waals surface area (Å²) in [6, 6.07) is 4.33. The van der Waals surface area contributed by atoms with Gasteiger partial charge >= 0.3 is 6.03 Å². The van der Waals surface area contributed by atoms with E-state index in [9.17, 15) is 9.18 Å². The van der Waals surface area contributed by atoms with Crippen LogP contribution in [-0.2, 0) is 6.54 Å². The lowest BCUT2D eigenvalue weighted by atomic mass is 10.2. The molecule has 0 aliphatic carbocycles. The molecule has 2 rings (SSSR count). The van der Waals surface area contributed by atoms with Gasteiger partial charge in [0, 0.05) is 32.7 Å². The minimum atomic E-state index is -0.450. The number of halogens is 2. The Balaban J connectivity index is 1.86. The number of urea groups is 1. The Morgan fingerprint density at radius 3 is 2.83 bits per heavy atom. The summed E-state index contributed by atoms with van der Waals surface area (Å²) in [6.45, 7) is 3.39. The normalized spacial score (nSPS) is 15.6. The van der Waals surface area contributed by atoms with E-state index >= 15 is 0 Å². The fraction of sp³-hybridized carbons (Fsp3) is 0.417. The van der Waals surface area contributed by atoms with Gasteiger partial charge in [-0.25, -0.2) is 9.18 Å². The van der Waals surface area contributed by atoms with Gasteiger partial charge in [-0.3, -0.25) is 0 Å². The van der Waals surface area contributed by atoms with Crippen LogP contribution in [0.4, 0.5) is 9.18 Å². The van der Waals surface area contributed by atoms with Gasteiger partial charge in [0.1, 0.15) is 5.82 Å². The lowest BCUT2D eigenvalue weighted by molar-refractivity contribution is 0.190. The SMILES string of the molecule is O=C(NCc1ccc(F)c(Cl)c1)N1CCNCC1. The van der Waals surface area contributed by atoms with Gasteiger partial charge < -0.3 is 15.5 Å². The van der Waals surface area contributed by atoms with Crippen molar-refractivity contribution >= 4 is 17.6 Å². The number of benzene rings is 1. The first-order valence-electron chi connectivity index (χ1n) is 5.84. The monoisotopic (exact) mass is 271 g/mol. The van der Waals surface area contributed by atoms with E-state index in [1.807, 2.05) is 0 Å². The molecule has 0 atom stereocenters. The summed E-state index contributed by atoms with van der Waals surface area (Å²) in [6.07, 6.45) is 0. The number of piperazine rings is 1. The zero-order valence-corrected chi connectivity index (χ0v) is 10.6. The molecule has 1 aliphatic rings. The molecule has 1 aliphatic heterocycles. The third kappa shape index (κ3) is 3.34. The second-order valence-corrected chi connectivity index (χ2v) is 4.55. The number of hydrogen-bond donors (Lipinski definition) is 2. The molecular weight excluding hydrogens is 257 g/mol. The highest BCUT2D eigenvalue weighted by Crippen LogP contribution is 2.15. The van der Waals surface area contributed by atoms with Crippen molar-refractivity contribution in [2.45, 2.75) is 6.54 Å². The predicted molar refractivity (Wildman–Crippen MR) is 68.1 cm³/mol. The summed E-state index contributed by atoms with van der Waals surface area (Å²) in [5.41, 5.74) is 0.782. The van der Waals surface area contributed by atoms with Gasteiger partial charge in [0.25, 0.3) is 0 Å². The maximum Gasteiger partial charge on any atom is 0.317 e. The highest BCUT2D eigenvalue weighted by Gasteiger charge is 2.15. The van der Waals surface area contributed by atoms with Crippen LogP contribution in [0, 0.1) is 5.82 Å². The van der Waals surface area contributed by atoms with Crippen molar-refractivity contribution in [3.8, 4) is 0 Å². The number of carbonyl (C=O) groups is 1. The molecule has 0 radical (unpaired) electrons. The molecule has 2 amide bonds. The molecule has 0 spiro atoms. The summed E-state index contributed by atoms with van der Waals surface area (Å²) < 4.78 is 13.0. The van der Waals surface area contributed by atoms with E-state index in [-0.39, 0.29) is 11.1 Å². The van der Waals surface area contributed by atoms with E-state index in [0.717, 1.165) is 18.7 Å². The number of rotatable bonds is 2. The van der Waals surface area contributed by atoms with Crippen LogP contribution in [0.1, 0.15) is 5.56 Å². The van der Waals surface area contributed by atoms with E-state index in [4.69, 9.17) is 11.6 Å². The molecule has 4 nitrogen and oxygen atoms in total. The van der Waals surface area contributed by atoms with Crippen molar-refractivity contribution in [3.05, 3.63) is 34.6 Å². The standard InChI is InChI=1S/C12H15ClFN3O/c13-10-7-9(1-2-11(10)14)8-16-12(18)17-5-3-15-4-6-17/h1-2,7,15H,3-6,8H2,(H,16,18). The second-order valence-electron chi connectivity index (χ2n) is 4.14. The number of hydrogen-bond acceptors (Lipinski definition) is 2. The Kier molecular flexibility index (Phi) is 4.38. The molecule has 1 fully saturated rings. The minimum absolute atomic E-state index is 0.0731. The van der Waals surface area contributed by atoms with E-state index < -0.39 is 5.82 Å². The molecule has 1 aromatic rings. The zero-order valence-electron chi connectivity index (χ0n) is 9.88. The number of nitrogens with one attached hydrogen (secondary N) is 2. The summed E-state index contributed by atoms with van der Waals surface area (Å²) >= 11 is 5.67. The molecule has 0 bridgehead atoms. The highest BCUT2D eigenvalue weighted by molar-refractivity contribution is 6.30. The van der Waals surface area contributed by atoms with E-state index in [1.54, 1.807) is 11.0 Å². The average molecular weight is 272 g/mol. The van der Waals surface area contributed by atoms with Crippen LogP contribution < -0.4 is 10.6 Å². The molecule has 98 valence electrons. The molecule has 2 N–H and O–H groups in total. The Hall–Kier alpha value is -1.33. The maximum atomic E-state index is 13.0. The quantitative estimate of drug-likeness (QED) is 0.858. The van der Waals surface area contributed by atoms with Gasteiger partial charge in [-0.15, -0.1) is 0 Å². The largest absolute Gasteiger partial charge is 0.334 e. The first-order chi connectivity index (χ1) is 8.66. The number of carbonyl (C=O) groups excluding carboxylic acids is 1. The molecule has 0 unspecified atom stereocenters. The molecule has 1 heterocycles. The summed E-state index contributed by atoms with van der Waals surface area (Å²) in [4.78, 5) is 13.6. The summed E-state index contributed by atoms with van der Waals surface area (Å²) in [5.74, 6) is -0.450. The molecule has 1 aromatic carbocycles. The lowest BCUT2D eigenvalue weighted by Gasteiger charge is -2.27. The van der Waals surface area contributed by atoms with Crippen LogP contribution in [-0.4, -0.2) is 37.1 Å². The number of amides is 2. The van der Waals surface area contributed by atoms with Gasteiger partial charge in [0.15, 0.2) is 0 Å². The molecule has 1 saturated heterocycles. The molecule has 18 heavy (non-hydrogen) atoms. The smallest absolute Gasteiger partial charge is 0.317 e. The average Bonchev–Trinajstić information content (AvgIpc) is 2.41. The van der Waals surface area contributed by atoms with Crippen LogP contribution in [0.15, 0.2) is 18.2 Å². The predicted octanol–water partition coefficient (Wildman–Crippen LogP) is 1.59. The summed E-state index contributed by atoms with van der Waals surface area (Å²) in [5, 5.41) is 6.04. The van der Waals surface area contributed by atoms with Crippen LogP contribution in [0.25, 0.3) is 0 Å². The molecular formula is C12H15ClFN3O. The van der Waals surface area contributed by atoms with Gasteiger partial charge in [-0.2, -0.15) is 0 Å². The maximum absolute atomic E-state index is 13.0. The third-order valence-electron chi connectivity index (χ3n) is 2.83. The summed E-state index contributed by atoms with van der Waals surface area (Å²) in [7, 11) is 0. The fourth-order valence-corrected chi connectivity index (χ4v) is 2.01. The van der Waals surface area contributed by atoms with Gasteiger partial charge in [0.05, 0.1) is 5.02 Å². The highest BCUT2D eigenvalue weighted by atomic mass is 35.5. The second kappa shape index (κ2) is 6.02. The van der Waals surface area contributed by atoms with Crippen LogP contribution in [0.5, 0.6) is 0 Å². The Labute approximate surface area is 110 Å². The fourth-order valence-electron chi connectivity index (χ4n) is 1.81. The molecule has 0 saturated carbocycles. The van der Waals surface area contributed by atoms with Crippen molar-refractivity contribution in [2.24, 2.45) is 0 Å². The van der Waals surface area contributed by atoms with E-state index in [1.165, 1.54) is 12.1 Å². The Morgan fingerprint density at radius 2 is 2.17 bits per heavy atom. The first-order valence-corrected chi connectivity index (χ1v) is 6.22. The van der Waals surface area contributed by atoms with Crippen molar-refractivity contribution in [2.75, 3.05) is 26.2 Å². The van der Waals surface area contributed by atoms with Crippen LogP contribution >= 0.6 is 11.6 Å². The molecule has 6 heteroatoms. The lowest BCUT2D eigenvalue weighted by Crippen LogP contribution is -2.50. The first kappa shape index (κ1) is 13.1. The topological polar surface area (TPSA) is 44.4 Å². The van der Waals surface area contributed by atoms with Gasteiger partial charge in [-0.05, 0) is 17.7 Å². The Morgan fingerprint density at radius 1 is 1.44 bits per heavy atom. The van der Waals surface area contributed by atoms with Crippen molar-refractivity contribution in [1.82, 2.24) is 15.5 Å². The van der Waals surface area contributed by atoms with Crippen LogP contribution in [0.2, 0.25) is 5.02 Å². The minimum Gasteiger partial charge on any atom is -0.334 e.